The fraction of sp³-hybridized carbons (Fsp3) is 0.294. The summed E-state index contributed by atoms with van der Waals surface area (Å²) in [5.74, 6) is 0. The van der Waals surface area contributed by atoms with Gasteiger partial charge in [-0.25, -0.2) is 0 Å². The highest BCUT2D eigenvalue weighted by Gasteiger charge is 2.00. The molecule has 18 heavy (non-hydrogen) atoms. The number of hydrogen-bond donors (Lipinski definition) is 1. The molecule has 0 radical (unpaired) electrons. The van der Waals surface area contributed by atoms with E-state index in [2.05, 4.69) is 68.6 Å². The number of hydrogen-bond acceptors (Lipinski definition) is 1. The van der Waals surface area contributed by atoms with Gasteiger partial charge < -0.3 is 5.32 Å². The highest BCUT2D eigenvalue weighted by molar-refractivity contribution is 5.51. The third-order valence-electron chi connectivity index (χ3n) is 3.45. The van der Waals surface area contributed by atoms with E-state index in [1.165, 1.54) is 27.9 Å². The first-order chi connectivity index (χ1) is 8.70. The summed E-state index contributed by atoms with van der Waals surface area (Å²) in [5.41, 5.74) is 6.68. The molecule has 0 aliphatic rings. The Morgan fingerprint density at radius 2 is 1.72 bits per heavy atom. The lowest BCUT2D eigenvalue weighted by Gasteiger charge is -2.11. The highest BCUT2D eigenvalue weighted by Crippen LogP contribution is 2.17. The van der Waals surface area contributed by atoms with Crippen molar-refractivity contribution in [3.63, 3.8) is 0 Å². The third-order valence-corrected chi connectivity index (χ3v) is 3.45. The molecule has 2 aromatic carbocycles. The summed E-state index contributed by atoms with van der Waals surface area (Å²) < 4.78 is 0. The van der Waals surface area contributed by atoms with Crippen LogP contribution < -0.4 is 5.32 Å². The summed E-state index contributed by atoms with van der Waals surface area (Å²) in [5, 5.41) is 3.53. The van der Waals surface area contributed by atoms with Crippen LogP contribution in [0.4, 0.5) is 5.69 Å². The molecule has 1 heteroatoms. The summed E-state index contributed by atoms with van der Waals surface area (Å²) in [7, 11) is 0. The molecule has 0 atom stereocenters. The van der Waals surface area contributed by atoms with E-state index < -0.39 is 0 Å². The molecule has 0 amide bonds. The Morgan fingerprint density at radius 1 is 0.944 bits per heavy atom. The molecule has 0 aliphatic heterocycles. The number of nitrogens with one attached hydrogen (secondary N) is 1. The predicted octanol–water partition coefficient (Wildman–Crippen LogP) is 4.48. The zero-order valence-electron chi connectivity index (χ0n) is 11.5. The van der Waals surface area contributed by atoms with Crippen LogP contribution in [0.2, 0.25) is 0 Å². The molecule has 0 heterocycles. The topological polar surface area (TPSA) is 12.0 Å². The van der Waals surface area contributed by atoms with Gasteiger partial charge in [0.25, 0.3) is 0 Å². The van der Waals surface area contributed by atoms with Gasteiger partial charge in [0.05, 0.1) is 0 Å². The maximum atomic E-state index is 3.53. The van der Waals surface area contributed by atoms with E-state index in [1.54, 1.807) is 0 Å². The number of rotatable bonds is 4. The van der Waals surface area contributed by atoms with Gasteiger partial charge in [-0.05, 0) is 48.6 Å². The van der Waals surface area contributed by atoms with E-state index in [9.17, 15) is 0 Å². The lowest BCUT2D eigenvalue weighted by molar-refractivity contribution is 1.09. The van der Waals surface area contributed by atoms with Gasteiger partial charge >= 0.3 is 0 Å². The minimum atomic E-state index is 0.887. The summed E-state index contributed by atoms with van der Waals surface area (Å²) >= 11 is 0. The Bertz CT molecular complexity index is 529. The maximum absolute atomic E-state index is 3.53. The van der Waals surface area contributed by atoms with Crippen LogP contribution in [0.15, 0.2) is 42.5 Å². The van der Waals surface area contributed by atoms with Crippen molar-refractivity contribution in [2.75, 3.05) is 5.32 Å². The Morgan fingerprint density at radius 3 is 2.44 bits per heavy atom. The second kappa shape index (κ2) is 5.72. The van der Waals surface area contributed by atoms with Gasteiger partial charge in [-0.2, -0.15) is 0 Å². The Hall–Kier alpha value is -1.76. The molecule has 0 spiro atoms. The predicted molar refractivity (Wildman–Crippen MR) is 79.1 cm³/mol. The van der Waals surface area contributed by atoms with Crippen LogP contribution in [0.5, 0.6) is 0 Å². The monoisotopic (exact) mass is 239 g/mol. The molecule has 0 unspecified atom stereocenters. The number of aryl methyl sites for hydroxylation is 3. The lowest BCUT2D eigenvalue weighted by atomic mass is 10.1. The minimum Gasteiger partial charge on any atom is -0.381 e. The normalized spacial score (nSPS) is 10.4. The molecule has 2 rings (SSSR count). The van der Waals surface area contributed by atoms with Gasteiger partial charge in [0.2, 0.25) is 0 Å². The Kier molecular flexibility index (Phi) is 4.03. The van der Waals surface area contributed by atoms with Crippen molar-refractivity contribution in [1.82, 2.24) is 0 Å². The van der Waals surface area contributed by atoms with Crippen LogP contribution in [0, 0.1) is 13.8 Å². The van der Waals surface area contributed by atoms with Crippen LogP contribution in [0.3, 0.4) is 0 Å². The van der Waals surface area contributed by atoms with Crippen molar-refractivity contribution < 1.29 is 0 Å². The zero-order chi connectivity index (χ0) is 13.0. The molecule has 0 bridgehead atoms. The quantitative estimate of drug-likeness (QED) is 0.829. The van der Waals surface area contributed by atoms with Crippen molar-refractivity contribution in [2.24, 2.45) is 0 Å². The van der Waals surface area contributed by atoms with E-state index in [0.29, 0.717) is 0 Å². The molecule has 0 saturated heterocycles. The number of para-hydroxylation sites is 1. The molecular formula is C17H21N. The van der Waals surface area contributed by atoms with Crippen molar-refractivity contribution in [3.05, 3.63) is 64.7 Å². The maximum Gasteiger partial charge on any atom is 0.0400 e. The van der Waals surface area contributed by atoms with Crippen molar-refractivity contribution in [3.8, 4) is 0 Å². The molecule has 0 saturated carbocycles. The summed E-state index contributed by atoms with van der Waals surface area (Å²) in [6.07, 6.45) is 1.07. The molecule has 1 N–H and O–H groups in total. The molecule has 0 fully saturated rings. The number of benzene rings is 2. The van der Waals surface area contributed by atoms with E-state index in [1.807, 2.05) is 0 Å². The molecule has 1 nitrogen and oxygen atoms in total. The van der Waals surface area contributed by atoms with Crippen molar-refractivity contribution in [1.29, 1.82) is 0 Å². The molecule has 0 aliphatic carbocycles. The first kappa shape index (κ1) is 12.7. The zero-order valence-corrected chi connectivity index (χ0v) is 11.5. The van der Waals surface area contributed by atoms with E-state index in [0.717, 1.165) is 13.0 Å². The summed E-state index contributed by atoms with van der Waals surface area (Å²) in [6, 6.07) is 15.2. The van der Waals surface area contributed by atoms with Gasteiger partial charge in [-0.15, -0.1) is 0 Å². The van der Waals surface area contributed by atoms with E-state index in [-0.39, 0.29) is 0 Å². The number of anilines is 1. The molecular weight excluding hydrogens is 218 g/mol. The Labute approximate surface area is 110 Å². The standard InChI is InChI=1S/C17H21N/c1-4-16-7-5-6-8-17(16)18-12-15-10-9-13(2)14(3)11-15/h5-11,18H,4,12H2,1-3H3. The molecule has 2 aromatic rings. The van der Waals surface area contributed by atoms with Gasteiger partial charge in [-0.1, -0.05) is 43.3 Å². The molecule has 0 aromatic heterocycles. The minimum absolute atomic E-state index is 0.887. The Balaban J connectivity index is 2.09. The fourth-order valence-electron chi connectivity index (χ4n) is 2.11. The lowest BCUT2D eigenvalue weighted by Crippen LogP contribution is -2.02. The molecule has 94 valence electrons. The van der Waals surface area contributed by atoms with Crippen LogP contribution in [-0.2, 0) is 13.0 Å². The van der Waals surface area contributed by atoms with E-state index >= 15 is 0 Å². The fourth-order valence-corrected chi connectivity index (χ4v) is 2.11. The van der Waals surface area contributed by atoms with Gasteiger partial charge in [0.1, 0.15) is 0 Å². The third kappa shape index (κ3) is 2.92. The van der Waals surface area contributed by atoms with Crippen LogP contribution in [-0.4, -0.2) is 0 Å². The first-order valence-electron chi connectivity index (χ1n) is 6.58. The van der Waals surface area contributed by atoms with E-state index in [4.69, 9.17) is 0 Å². The second-order valence-electron chi connectivity index (χ2n) is 4.78. The largest absolute Gasteiger partial charge is 0.381 e. The average Bonchev–Trinajstić information content (AvgIpc) is 2.40. The van der Waals surface area contributed by atoms with Crippen molar-refractivity contribution >= 4 is 5.69 Å². The first-order valence-corrected chi connectivity index (χ1v) is 6.58. The smallest absolute Gasteiger partial charge is 0.0400 e. The van der Waals surface area contributed by atoms with Crippen LogP contribution in [0.1, 0.15) is 29.2 Å². The van der Waals surface area contributed by atoms with Gasteiger partial charge in [0.15, 0.2) is 0 Å². The summed E-state index contributed by atoms with van der Waals surface area (Å²) in [4.78, 5) is 0. The van der Waals surface area contributed by atoms with Crippen LogP contribution >= 0.6 is 0 Å². The van der Waals surface area contributed by atoms with Gasteiger partial charge in [0, 0.05) is 12.2 Å². The average molecular weight is 239 g/mol. The van der Waals surface area contributed by atoms with Crippen molar-refractivity contribution in [2.45, 2.75) is 33.7 Å². The second-order valence-corrected chi connectivity index (χ2v) is 4.78. The highest BCUT2D eigenvalue weighted by atomic mass is 14.9. The van der Waals surface area contributed by atoms with Gasteiger partial charge in [-0.3, -0.25) is 0 Å². The SMILES string of the molecule is CCc1ccccc1NCc1ccc(C)c(C)c1. The van der Waals surface area contributed by atoms with Crippen LogP contribution in [0.25, 0.3) is 0 Å². The summed E-state index contributed by atoms with van der Waals surface area (Å²) in [6.45, 7) is 7.40.